The van der Waals surface area contributed by atoms with Crippen molar-refractivity contribution >= 4 is 23.4 Å². The molecule has 2 N–H and O–H groups in total. The van der Waals surface area contributed by atoms with E-state index in [0.29, 0.717) is 53.2 Å². The van der Waals surface area contributed by atoms with E-state index in [9.17, 15) is 10.1 Å². The topological polar surface area (TPSA) is 101 Å². The van der Waals surface area contributed by atoms with Gasteiger partial charge in [-0.1, -0.05) is 12.5 Å². The van der Waals surface area contributed by atoms with Crippen LogP contribution in [0.4, 0.5) is 10.5 Å². The Labute approximate surface area is 212 Å². The third-order valence-corrected chi connectivity index (χ3v) is 6.99. The number of carbonyl (C=O) groups is 1. The van der Waals surface area contributed by atoms with E-state index >= 15 is 0 Å². The van der Waals surface area contributed by atoms with Crippen LogP contribution in [0.1, 0.15) is 43.2 Å². The summed E-state index contributed by atoms with van der Waals surface area (Å²) in [5, 5.41) is 9.72. The van der Waals surface area contributed by atoms with Crippen molar-refractivity contribution in [3.05, 3.63) is 47.5 Å². The van der Waals surface area contributed by atoms with Crippen molar-refractivity contribution in [3.8, 4) is 23.3 Å². The maximum atomic E-state index is 12.8. The number of nitrogen functional groups attached to an aromatic ring is 1. The van der Waals surface area contributed by atoms with Crippen molar-refractivity contribution in [1.29, 1.82) is 5.26 Å². The number of nitriles is 1. The predicted molar refractivity (Wildman–Crippen MR) is 140 cm³/mol. The van der Waals surface area contributed by atoms with E-state index in [0.717, 1.165) is 18.4 Å². The van der Waals surface area contributed by atoms with Gasteiger partial charge in [-0.15, -0.1) is 0 Å². The molecule has 0 bridgehead atoms. The summed E-state index contributed by atoms with van der Waals surface area (Å²) in [6.07, 6.45) is 7.18. The number of rotatable bonds is 6. The van der Waals surface area contributed by atoms with Gasteiger partial charge in [-0.2, -0.15) is 5.26 Å². The molecule has 0 spiro atoms. The maximum Gasteiger partial charge on any atom is 0.415 e. The van der Waals surface area contributed by atoms with Gasteiger partial charge in [-0.05, 0) is 86.3 Å². The van der Waals surface area contributed by atoms with Crippen molar-refractivity contribution in [2.45, 2.75) is 38.1 Å². The summed E-state index contributed by atoms with van der Waals surface area (Å²) in [6.45, 7) is 3.73. The van der Waals surface area contributed by atoms with Crippen LogP contribution in [0.5, 0.6) is 17.2 Å². The van der Waals surface area contributed by atoms with Gasteiger partial charge in [0.25, 0.3) is 0 Å². The van der Waals surface area contributed by atoms with Crippen LogP contribution < -0.4 is 19.9 Å². The van der Waals surface area contributed by atoms with Crippen LogP contribution in [0.15, 0.2) is 36.4 Å². The molecule has 36 heavy (non-hydrogen) atoms. The molecule has 2 heterocycles. The molecule has 0 aromatic heterocycles. The molecule has 2 aromatic rings. The summed E-state index contributed by atoms with van der Waals surface area (Å²) >= 11 is 0. The first kappa shape index (κ1) is 25.4. The fourth-order valence-electron chi connectivity index (χ4n) is 4.96. The molecule has 8 nitrogen and oxygen atoms in total. The van der Waals surface area contributed by atoms with E-state index < -0.39 is 0 Å². The number of methoxy groups -OCH3 is 2. The quantitative estimate of drug-likeness (QED) is 0.353. The first-order valence-corrected chi connectivity index (χ1v) is 12.5. The minimum atomic E-state index is -0.370. The second-order valence-corrected chi connectivity index (χ2v) is 9.22. The third kappa shape index (κ3) is 5.92. The molecule has 0 unspecified atom stereocenters. The normalized spacial score (nSPS) is 17.4. The Balaban J connectivity index is 1.39. The summed E-state index contributed by atoms with van der Waals surface area (Å²) in [5.41, 5.74) is 8.40. The van der Waals surface area contributed by atoms with E-state index in [-0.39, 0.29) is 6.09 Å². The van der Waals surface area contributed by atoms with Gasteiger partial charge in [-0.25, -0.2) is 4.79 Å². The number of hydrogen-bond donors (Lipinski definition) is 1. The number of amides is 1. The highest BCUT2D eigenvalue weighted by Crippen LogP contribution is 2.32. The molecular weight excluding hydrogens is 456 g/mol. The second-order valence-electron chi connectivity index (χ2n) is 9.22. The average molecular weight is 491 g/mol. The van der Waals surface area contributed by atoms with Crippen molar-refractivity contribution in [2.24, 2.45) is 0 Å². The van der Waals surface area contributed by atoms with Crippen molar-refractivity contribution in [2.75, 3.05) is 46.1 Å². The van der Waals surface area contributed by atoms with Crippen LogP contribution in [-0.4, -0.2) is 62.3 Å². The van der Waals surface area contributed by atoms with E-state index in [2.05, 4.69) is 11.0 Å². The molecule has 0 atom stereocenters. The number of ether oxygens (including phenoxy) is 3. The predicted octanol–water partition coefficient (Wildman–Crippen LogP) is 4.80. The smallest absolute Gasteiger partial charge is 0.415 e. The molecule has 4 rings (SSSR count). The van der Waals surface area contributed by atoms with Crippen LogP contribution >= 0.6 is 0 Å². The highest BCUT2D eigenvalue weighted by Gasteiger charge is 2.28. The van der Waals surface area contributed by atoms with Crippen LogP contribution in [0.3, 0.4) is 0 Å². The fourth-order valence-corrected chi connectivity index (χ4v) is 4.96. The Morgan fingerprint density at radius 3 is 2.31 bits per heavy atom. The number of anilines is 1. The lowest BCUT2D eigenvalue weighted by Gasteiger charge is -2.39. The van der Waals surface area contributed by atoms with Gasteiger partial charge >= 0.3 is 6.09 Å². The second kappa shape index (κ2) is 11.8. The van der Waals surface area contributed by atoms with Crippen molar-refractivity contribution < 1.29 is 19.0 Å². The van der Waals surface area contributed by atoms with Gasteiger partial charge in [0.1, 0.15) is 0 Å². The first-order chi connectivity index (χ1) is 17.5. The average Bonchev–Trinajstić information content (AvgIpc) is 2.93. The fraction of sp³-hybridized carbons (Fsp3) is 0.429. The molecule has 1 amide bonds. The Morgan fingerprint density at radius 1 is 0.972 bits per heavy atom. The molecule has 0 saturated carbocycles. The minimum Gasteiger partial charge on any atom is -0.493 e. The van der Waals surface area contributed by atoms with E-state index in [1.807, 2.05) is 0 Å². The Kier molecular flexibility index (Phi) is 8.34. The lowest BCUT2D eigenvalue weighted by molar-refractivity contribution is 0.0879. The lowest BCUT2D eigenvalue weighted by Crippen LogP contribution is -2.48. The highest BCUT2D eigenvalue weighted by atomic mass is 16.6. The number of allylic oxidation sites excluding steroid dienone is 1. The van der Waals surface area contributed by atoms with Crippen LogP contribution in [-0.2, 0) is 0 Å². The number of carbonyl (C=O) groups excluding carboxylic acids is 1. The van der Waals surface area contributed by atoms with Gasteiger partial charge < -0.3 is 29.7 Å². The first-order valence-electron chi connectivity index (χ1n) is 12.5. The summed E-state index contributed by atoms with van der Waals surface area (Å²) in [5.74, 6) is 1.45. The van der Waals surface area contributed by atoms with Gasteiger partial charge in [0.05, 0.1) is 31.5 Å². The van der Waals surface area contributed by atoms with Gasteiger partial charge in [0, 0.05) is 19.1 Å². The molecule has 2 aliphatic heterocycles. The lowest BCUT2D eigenvalue weighted by atomic mass is 10.0. The maximum absolute atomic E-state index is 12.8. The number of piperidine rings is 2. The van der Waals surface area contributed by atoms with E-state index in [4.69, 9.17) is 19.9 Å². The Hall–Kier alpha value is -3.70. The number of benzene rings is 2. The minimum absolute atomic E-state index is 0.319. The van der Waals surface area contributed by atoms with E-state index in [1.54, 1.807) is 61.6 Å². The largest absolute Gasteiger partial charge is 0.493 e. The summed E-state index contributed by atoms with van der Waals surface area (Å²) in [4.78, 5) is 17.1. The van der Waals surface area contributed by atoms with Crippen LogP contribution in [0.25, 0.3) is 11.6 Å². The van der Waals surface area contributed by atoms with Crippen molar-refractivity contribution in [1.82, 2.24) is 9.80 Å². The summed E-state index contributed by atoms with van der Waals surface area (Å²) in [7, 11) is 3.11. The number of nitrogens with zero attached hydrogens (tertiary/aromatic N) is 3. The van der Waals surface area contributed by atoms with E-state index in [1.165, 1.54) is 32.4 Å². The number of nitrogens with two attached hydrogens (primary N) is 1. The molecule has 8 heteroatoms. The molecule has 2 saturated heterocycles. The Bertz CT molecular complexity index is 1140. The zero-order valence-corrected chi connectivity index (χ0v) is 21.0. The SMILES string of the molecule is COc1ccc(/C(C#N)=C/c2ccc(OC(=O)N3CCC(N4CCCCC4)CC3)c(N)c2)cc1OC. The summed E-state index contributed by atoms with van der Waals surface area (Å²) in [6, 6.07) is 13.2. The van der Waals surface area contributed by atoms with Crippen molar-refractivity contribution in [3.63, 3.8) is 0 Å². The monoisotopic (exact) mass is 490 g/mol. The molecule has 2 aromatic carbocycles. The van der Waals surface area contributed by atoms with Crippen LogP contribution in [0, 0.1) is 11.3 Å². The summed E-state index contributed by atoms with van der Waals surface area (Å²) < 4.78 is 16.2. The van der Waals surface area contributed by atoms with Gasteiger partial charge in [0.2, 0.25) is 0 Å². The third-order valence-electron chi connectivity index (χ3n) is 6.99. The van der Waals surface area contributed by atoms with Crippen LogP contribution in [0.2, 0.25) is 0 Å². The zero-order valence-electron chi connectivity index (χ0n) is 21.0. The molecule has 0 aliphatic carbocycles. The zero-order chi connectivity index (χ0) is 25.5. The Morgan fingerprint density at radius 2 is 1.67 bits per heavy atom. The van der Waals surface area contributed by atoms with Gasteiger partial charge in [0.15, 0.2) is 17.2 Å². The number of hydrogen-bond acceptors (Lipinski definition) is 7. The molecule has 0 radical (unpaired) electrons. The molecule has 190 valence electrons. The molecule has 2 aliphatic rings. The van der Waals surface area contributed by atoms with Gasteiger partial charge in [-0.3, -0.25) is 0 Å². The number of likely N-dealkylation sites (tertiary alicyclic amines) is 2. The standard InChI is InChI=1S/C28H34N4O4/c1-34-26-9-7-21(18-27(26)35-2)22(19-29)16-20-6-8-25(24(30)17-20)36-28(33)32-14-10-23(11-15-32)31-12-4-3-5-13-31/h6-9,16-18,23H,3-5,10-15,30H2,1-2H3/b22-16+. The molecular formula is C28H34N4O4. The molecule has 2 fully saturated rings. The highest BCUT2D eigenvalue weighted by molar-refractivity contribution is 5.90.